The van der Waals surface area contributed by atoms with E-state index in [9.17, 15) is 9.46 Å². The minimum Gasteiger partial charge on any atom is -0.378 e. The molecule has 6 nitrogen and oxygen atoms in total. The number of hydrogen-bond donors (Lipinski definition) is 1. The van der Waals surface area contributed by atoms with Crippen molar-refractivity contribution in [3.63, 3.8) is 0 Å². The summed E-state index contributed by atoms with van der Waals surface area (Å²) >= 11 is 0. The van der Waals surface area contributed by atoms with Gasteiger partial charge < -0.3 is 14.1 Å². The lowest BCUT2D eigenvalue weighted by Gasteiger charge is -2.24. The van der Waals surface area contributed by atoms with Crippen LogP contribution in [-0.2, 0) is 18.3 Å². The van der Waals surface area contributed by atoms with Gasteiger partial charge in [0.15, 0.2) is 0 Å². The van der Waals surface area contributed by atoms with Crippen molar-refractivity contribution in [2.45, 2.75) is 148 Å². The third-order valence-electron chi connectivity index (χ3n) is 7.89. The molecule has 0 aromatic heterocycles. The Morgan fingerprint density at radius 2 is 1.16 bits per heavy atom. The molecule has 0 aromatic rings. The molecule has 1 aliphatic rings. The van der Waals surface area contributed by atoms with Gasteiger partial charge in [-0.25, -0.2) is 4.57 Å². The fraction of sp³-hybridized carbons (Fsp3) is 1.00. The Hall–Kier alpha value is 0.0300. The van der Waals surface area contributed by atoms with Gasteiger partial charge in [0, 0.05) is 12.5 Å². The van der Waals surface area contributed by atoms with Crippen molar-refractivity contribution in [3.05, 3.63) is 0 Å². The van der Waals surface area contributed by atoms with Gasteiger partial charge in [-0.15, -0.1) is 0 Å². The van der Waals surface area contributed by atoms with E-state index in [2.05, 4.69) is 6.92 Å². The first-order chi connectivity index (χ1) is 18.2. The van der Waals surface area contributed by atoms with Crippen molar-refractivity contribution in [1.82, 2.24) is 0 Å². The van der Waals surface area contributed by atoms with Crippen LogP contribution < -0.4 is 0 Å². The van der Waals surface area contributed by atoms with Crippen molar-refractivity contribution < 1.29 is 27.7 Å². The summed E-state index contributed by atoms with van der Waals surface area (Å²) in [6, 6.07) is 0. The number of phosphoric acid groups is 1. The molecule has 7 heteroatoms. The van der Waals surface area contributed by atoms with Crippen LogP contribution >= 0.6 is 7.82 Å². The van der Waals surface area contributed by atoms with Gasteiger partial charge in [0.2, 0.25) is 0 Å². The van der Waals surface area contributed by atoms with Crippen LogP contribution in [-0.4, -0.2) is 63.0 Å². The molecule has 1 aliphatic carbocycles. The second-order valence-corrected chi connectivity index (χ2v) is 14.2. The van der Waals surface area contributed by atoms with Crippen LogP contribution in [0.4, 0.5) is 0 Å². The van der Waals surface area contributed by atoms with E-state index in [1.54, 1.807) is 0 Å². The highest BCUT2D eigenvalue weighted by atomic mass is 31.2. The summed E-state index contributed by atoms with van der Waals surface area (Å²) in [5, 5.41) is 0. The molecule has 0 heterocycles. The number of unbranched alkanes of at least 4 members (excludes halogenated alkanes) is 17. The van der Waals surface area contributed by atoms with E-state index in [4.69, 9.17) is 13.8 Å². The van der Waals surface area contributed by atoms with Gasteiger partial charge in [0.05, 0.1) is 33.9 Å². The molecule has 228 valence electrons. The van der Waals surface area contributed by atoms with Crippen LogP contribution in [0.2, 0.25) is 0 Å². The molecule has 0 aliphatic heterocycles. The molecular weight excluding hydrogens is 497 g/mol. The minimum absolute atomic E-state index is 0.145. The number of quaternary nitrogens is 1. The van der Waals surface area contributed by atoms with Gasteiger partial charge in [-0.1, -0.05) is 122 Å². The molecule has 0 radical (unpaired) electrons. The zero-order valence-corrected chi connectivity index (χ0v) is 26.7. The largest absolute Gasteiger partial charge is 0.472 e. The maximum atomic E-state index is 12.2. The first kappa shape index (κ1) is 36.1. The molecule has 1 rings (SSSR count). The Morgan fingerprint density at radius 3 is 1.63 bits per heavy atom. The van der Waals surface area contributed by atoms with Gasteiger partial charge in [-0.2, -0.15) is 0 Å². The van der Waals surface area contributed by atoms with Crippen LogP contribution in [0.15, 0.2) is 0 Å². The Morgan fingerprint density at radius 1 is 0.684 bits per heavy atom. The van der Waals surface area contributed by atoms with Gasteiger partial charge in [-0.3, -0.25) is 9.05 Å². The maximum absolute atomic E-state index is 12.2. The molecular formula is C31H65NO5P+. The lowest BCUT2D eigenvalue weighted by atomic mass is 10.0. The van der Waals surface area contributed by atoms with E-state index in [1.165, 1.54) is 109 Å². The highest BCUT2D eigenvalue weighted by molar-refractivity contribution is 7.47. The Kier molecular flexibility index (Phi) is 21.5. The number of phosphoric ester groups is 1. The van der Waals surface area contributed by atoms with Crippen molar-refractivity contribution >= 4 is 7.82 Å². The first-order valence-corrected chi connectivity index (χ1v) is 17.8. The summed E-state index contributed by atoms with van der Waals surface area (Å²) in [4.78, 5) is 9.97. The molecule has 1 unspecified atom stereocenters. The van der Waals surface area contributed by atoms with Gasteiger partial charge in [0.1, 0.15) is 13.2 Å². The zero-order chi connectivity index (χ0) is 28.0. The van der Waals surface area contributed by atoms with Crippen molar-refractivity contribution in [2.75, 3.05) is 47.5 Å². The number of ether oxygens (including phenoxy) is 1. The van der Waals surface area contributed by atoms with Crippen LogP contribution in [0.5, 0.6) is 0 Å². The van der Waals surface area contributed by atoms with Crippen molar-refractivity contribution in [1.29, 1.82) is 0 Å². The van der Waals surface area contributed by atoms with Crippen LogP contribution in [0, 0.1) is 5.92 Å². The number of nitrogens with zero attached hydrogens (tertiary/aromatic N) is 1. The molecule has 38 heavy (non-hydrogen) atoms. The Labute approximate surface area is 236 Å². The quantitative estimate of drug-likeness (QED) is 0.0614. The third kappa shape index (κ3) is 21.8. The average Bonchev–Trinajstić information content (AvgIpc) is 3.30. The fourth-order valence-electron chi connectivity index (χ4n) is 5.31. The third-order valence-corrected chi connectivity index (χ3v) is 8.87. The highest BCUT2D eigenvalue weighted by Gasteiger charge is 2.31. The summed E-state index contributed by atoms with van der Waals surface area (Å²) < 4.78 is 29.4. The smallest absolute Gasteiger partial charge is 0.378 e. The van der Waals surface area contributed by atoms with Crippen LogP contribution in [0.3, 0.4) is 0 Å². The fourth-order valence-corrected chi connectivity index (χ4v) is 6.08. The number of likely N-dealkylation sites (N-methyl/N-ethyl adjacent to an activating group) is 1. The zero-order valence-electron chi connectivity index (χ0n) is 25.8. The molecule has 1 N–H and O–H groups in total. The number of hydrogen-bond acceptors (Lipinski definition) is 4. The lowest BCUT2D eigenvalue weighted by molar-refractivity contribution is -0.870. The SMILES string of the molecule is CCCCCCCCCCCCCCCCCCCCO[C@@H]1CCC[C@H]1COP(=O)(O)OCC[N+](C)(C)C. The summed E-state index contributed by atoms with van der Waals surface area (Å²) in [6.07, 6.45) is 28.1. The minimum atomic E-state index is -3.99. The molecule has 0 amide bonds. The first-order valence-electron chi connectivity index (χ1n) is 16.3. The predicted octanol–water partition coefficient (Wildman–Crippen LogP) is 9.05. The molecule has 0 bridgehead atoms. The maximum Gasteiger partial charge on any atom is 0.472 e. The highest BCUT2D eigenvalue weighted by Crippen LogP contribution is 2.44. The predicted molar refractivity (Wildman–Crippen MR) is 160 cm³/mol. The van der Waals surface area contributed by atoms with E-state index >= 15 is 0 Å². The molecule has 0 spiro atoms. The van der Waals surface area contributed by atoms with Gasteiger partial charge in [-0.05, 0) is 19.3 Å². The molecule has 3 atom stereocenters. The van der Waals surface area contributed by atoms with Crippen LogP contribution in [0.1, 0.15) is 142 Å². The molecule has 0 aromatic carbocycles. The Bertz CT molecular complexity index is 583. The van der Waals surface area contributed by atoms with E-state index in [1.807, 2.05) is 21.1 Å². The summed E-state index contributed by atoms with van der Waals surface area (Å²) in [5.74, 6) is 0.188. The topological polar surface area (TPSA) is 65.0 Å². The summed E-state index contributed by atoms with van der Waals surface area (Å²) in [6.45, 7) is 4.18. The van der Waals surface area contributed by atoms with E-state index in [0.717, 1.165) is 32.3 Å². The normalized spacial score (nSPS) is 19.7. The monoisotopic (exact) mass is 562 g/mol. The van der Waals surface area contributed by atoms with E-state index < -0.39 is 7.82 Å². The molecule has 1 fully saturated rings. The summed E-state index contributed by atoms with van der Waals surface area (Å²) in [5.41, 5.74) is 0. The van der Waals surface area contributed by atoms with Crippen molar-refractivity contribution in [2.24, 2.45) is 5.92 Å². The van der Waals surface area contributed by atoms with Gasteiger partial charge in [0.25, 0.3) is 0 Å². The molecule has 0 saturated heterocycles. The summed E-state index contributed by atoms with van der Waals surface area (Å²) in [7, 11) is 2.07. The van der Waals surface area contributed by atoms with E-state index in [0.29, 0.717) is 11.0 Å². The number of rotatable bonds is 27. The van der Waals surface area contributed by atoms with E-state index in [-0.39, 0.29) is 25.2 Å². The second-order valence-electron chi connectivity index (χ2n) is 12.7. The second kappa shape index (κ2) is 22.7. The standard InChI is InChI=1S/C31H64NO5P/c1-5-6-7-8-9-10-11-12-13-14-15-16-17-18-19-20-21-22-27-35-31-25-23-24-30(31)29-37-38(33,34)36-28-26-32(2,3)4/h30-31H,5-29H2,1-4H3/p+1/t30-,31+/m0/s1. The Balaban J connectivity index is 1.90. The van der Waals surface area contributed by atoms with Crippen molar-refractivity contribution in [3.8, 4) is 0 Å². The average molecular weight is 563 g/mol. The van der Waals surface area contributed by atoms with Gasteiger partial charge >= 0.3 is 7.82 Å². The van der Waals surface area contributed by atoms with Crippen LogP contribution in [0.25, 0.3) is 0 Å². The molecule has 1 saturated carbocycles. The lowest BCUT2D eigenvalue weighted by Crippen LogP contribution is -2.37.